The van der Waals surface area contributed by atoms with Crippen LogP contribution in [0.3, 0.4) is 0 Å². The van der Waals surface area contributed by atoms with Gasteiger partial charge in [0.25, 0.3) is 0 Å². The van der Waals surface area contributed by atoms with Crippen LogP contribution in [0.4, 0.5) is 10.3 Å². The Bertz CT molecular complexity index is 1500. The van der Waals surface area contributed by atoms with E-state index in [1.165, 1.54) is 12.1 Å². The molecule has 2 aromatic carbocycles. The number of likely N-dealkylation sites (tertiary alicyclic amines) is 1. The number of nitrogen functional groups attached to an aromatic ring is 1. The first-order valence-electron chi connectivity index (χ1n) is 11.5. The SMILES string of the molecule is Nc1nccc(-c2c(-c3ccc(F)cc3)ncn2C2CCN(Cc3cnc4ccccc4n3)C2)n1. The summed E-state index contributed by atoms with van der Waals surface area (Å²) in [7, 11) is 0. The fourth-order valence-corrected chi connectivity index (χ4v) is 4.70. The van der Waals surface area contributed by atoms with Crippen molar-refractivity contribution >= 4 is 17.0 Å². The highest BCUT2D eigenvalue weighted by atomic mass is 19.1. The molecule has 5 aromatic rings. The molecule has 0 aliphatic carbocycles. The minimum atomic E-state index is -0.288. The molecule has 1 fully saturated rings. The fraction of sp³-hybridized carbons (Fsp3) is 0.192. The van der Waals surface area contributed by atoms with Crippen molar-refractivity contribution in [2.45, 2.75) is 19.0 Å². The molecular formula is C26H23FN8. The summed E-state index contributed by atoms with van der Waals surface area (Å²) in [6, 6.07) is 16.3. The van der Waals surface area contributed by atoms with E-state index in [0.717, 1.165) is 59.7 Å². The maximum atomic E-state index is 13.6. The van der Waals surface area contributed by atoms with E-state index in [1.54, 1.807) is 18.3 Å². The highest BCUT2D eigenvalue weighted by Crippen LogP contribution is 2.35. The molecule has 3 aromatic heterocycles. The molecule has 0 saturated carbocycles. The van der Waals surface area contributed by atoms with Gasteiger partial charge in [0.2, 0.25) is 5.95 Å². The third kappa shape index (κ3) is 4.22. The highest BCUT2D eigenvalue weighted by Gasteiger charge is 2.28. The molecule has 1 unspecified atom stereocenters. The molecule has 0 radical (unpaired) electrons. The quantitative estimate of drug-likeness (QED) is 0.416. The number of hydrogen-bond acceptors (Lipinski definition) is 7. The van der Waals surface area contributed by atoms with Crippen LogP contribution in [0, 0.1) is 5.82 Å². The number of halogens is 1. The zero-order valence-electron chi connectivity index (χ0n) is 18.9. The molecule has 0 bridgehead atoms. The van der Waals surface area contributed by atoms with Gasteiger partial charge in [-0.3, -0.25) is 9.88 Å². The van der Waals surface area contributed by atoms with E-state index in [-0.39, 0.29) is 17.8 Å². The molecule has 35 heavy (non-hydrogen) atoms. The summed E-state index contributed by atoms with van der Waals surface area (Å²) in [6.07, 6.45) is 6.29. The average Bonchev–Trinajstić information content (AvgIpc) is 3.52. The topological polar surface area (TPSA) is 98.6 Å². The standard InChI is InChI=1S/C26H23FN8/c27-18-7-5-17(6-8-18)24-25(23-9-11-29-26(28)33-23)35(16-31-24)20-10-12-34(15-20)14-19-13-30-21-3-1-2-4-22(21)32-19/h1-9,11,13,16,20H,10,12,14-15H2,(H2,28,29,33). The minimum absolute atomic E-state index is 0.191. The smallest absolute Gasteiger partial charge is 0.220 e. The van der Waals surface area contributed by atoms with Crippen LogP contribution in [0.25, 0.3) is 33.7 Å². The molecular weight excluding hydrogens is 443 g/mol. The third-order valence-electron chi connectivity index (χ3n) is 6.35. The number of rotatable bonds is 5. The normalized spacial score (nSPS) is 16.2. The Balaban J connectivity index is 1.30. The lowest BCUT2D eigenvalue weighted by Crippen LogP contribution is -2.22. The van der Waals surface area contributed by atoms with E-state index in [1.807, 2.05) is 42.9 Å². The second kappa shape index (κ2) is 8.84. The van der Waals surface area contributed by atoms with Gasteiger partial charge in [-0.1, -0.05) is 12.1 Å². The van der Waals surface area contributed by atoms with E-state index in [9.17, 15) is 4.39 Å². The predicted molar refractivity (Wildman–Crippen MR) is 132 cm³/mol. The molecule has 1 saturated heterocycles. The molecule has 1 atom stereocenters. The Labute approximate surface area is 201 Å². The minimum Gasteiger partial charge on any atom is -0.368 e. The average molecular weight is 467 g/mol. The second-order valence-corrected chi connectivity index (χ2v) is 8.68. The first-order chi connectivity index (χ1) is 17.1. The number of para-hydroxylation sites is 2. The van der Waals surface area contributed by atoms with Crippen LogP contribution in [0.2, 0.25) is 0 Å². The van der Waals surface area contributed by atoms with E-state index < -0.39 is 0 Å². The maximum absolute atomic E-state index is 13.6. The highest BCUT2D eigenvalue weighted by molar-refractivity contribution is 5.77. The first kappa shape index (κ1) is 21.3. The molecule has 4 heterocycles. The van der Waals surface area contributed by atoms with E-state index in [0.29, 0.717) is 5.69 Å². The molecule has 6 rings (SSSR count). The second-order valence-electron chi connectivity index (χ2n) is 8.68. The molecule has 2 N–H and O–H groups in total. The number of aromatic nitrogens is 6. The van der Waals surface area contributed by atoms with Crippen LogP contribution in [-0.4, -0.2) is 47.5 Å². The zero-order valence-corrected chi connectivity index (χ0v) is 18.9. The van der Waals surface area contributed by atoms with Crippen LogP contribution in [0.15, 0.2) is 73.3 Å². The Morgan fingerprint density at radius 1 is 0.943 bits per heavy atom. The number of hydrogen-bond donors (Lipinski definition) is 1. The van der Waals surface area contributed by atoms with Crippen molar-refractivity contribution in [3.8, 4) is 22.6 Å². The number of nitrogens with zero attached hydrogens (tertiary/aromatic N) is 7. The van der Waals surface area contributed by atoms with Crippen molar-refractivity contribution in [1.82, 2.24) is 34.4 Å². The summed E-state index contributed by atoms with van der Waals surface area (Å²) in [6.45, 7) is 2.49. The summed E-state index contributed by atoms with van der Waals surface area (Å²) in [4.78, 5) is 24.9. The van der Waals surface area contributed by atoms with Crippen molar-refractivity contribution in [1.29, 1.82) is 0 Å². The van der Waals surface area contributed by atoms with Crippen molar-refractivity contribution < 1.29 is 4.39 Å². The van der Waals surface area contributed by atoms with Crippen LogP contribution < -0.4 is 5.73 Å². The van der Waals surface area contributed by atoms with Crippen molar-refractivity contribution in [2.24, 2.45) is 0 Å². The van der Waals surface area contributed by atoms with Gasteiger partial charge in [-0.2, -0.15) is 0 Å². The lowest BCUT2D eigenvalue weighted by atomic mass is 10.1. The number of benzene rings is 2. The van der Waals surface area contributed by atoms with Crippen LogP contribution in [-0.2, 0) is 6.54 Å². The lowest BCUT2D eigenvalue weighted by molar-refractivity contribution is 0.313. The summed E-state index contributed by atoms with van der Waals surface area (Å²) >= 11 is 0. The number of nitrogens with two attached hydrogens (primary N) is 1. The molecule has 0 spiro atoms. The van der Waals surface area contributed by atoms with Gasteiger partial charge in [-0.25, -0.2) is 24.3 Å². The predicted octanol–water partition coefficient (Wildman–Crippen LogP) is 4.12. The van der Waals surface area contributed by atoms with E-state index in [2.05, 4.69) is 24.4 Å². The largest absolute Gasteiger partial charge is 0.368 e. The Hall–Kier alpha value is -4.24. The van der Waals surface area contributed by atoms with Gasteiger partial charge >= 0.3 is 0 Å². The Morgan fingerprint density at radius 3 is 2.60 bits per heavy atom. The molecule has 1 aliphatic heterocycles. The molecule has 0 amide bonds. The van der Waals surface area contributed by atoms with Crippen LogP contribution in [0.1, 0.15) is 18.2 Å². The number of fused-ring (bicyclic) bond motifs is 1. The summed E-state index contributed by atoms with van der Waals surface area (Å²) in [5.74, 6) is -0.0903. The van der Waals surface area contributed by atoms with Crippen LogP contribution >= 0.6 is 0 Å². The van der Waals surface area contributed by atoms with Crippen molar-refractivity contribution in [2.75, 3.05) is 18.8 Å². The van der Waals surface area contributed by atoms with Gasteiger partial charge in [-0.05, 0) is 48.9 Å². The molecule has 174 valence electrons. The van der Waals surface area contributed by atoms with Crippen LogP contribution in [0.5, 0.6) is 0 Å². The van der Waals surface area contributed by atoms with Gasteiger partial charge in [0.05, 0.1) is 46.3 Å². The monoisotopic (exact) mass is 466 g/mol. The first-order valence-corrected chi connectivity index (χ1v) is 11.5. The maximum Gasteiger partial charge on any atom is 0.220 e. The molecule has 9 heteroatoms. The number of anilines is 1. The summed E-state index contributed by atoms with van der Waals surface area (Å²) in [5.41, 5.74) is 11.8. The number of imidazole rings is 1. The summed E-state index contributed by atoms with van der Waals surface area (Å²) in [5, 5.41) is 0. The summed E-state index contributed by atoms with van der Waals surface area (Å²) < 4.78 is 15.7. The van der Waals surface area contributed by atoms with E-state index >= 15 is 0 Å². The molecule has 1 aliphatic rings. The van der Waals surface area contributed by atoms with Gasteiger partial charge in [0.1, 0.15) is 5.82 Å². The van der Waals surface area contributed by atoms with Crippen molar-refractivity contribution in [3.05, 3.63) is 84.8 Å². The van der Waals surface area contributed by atoms with Crippen molar-refractivity contribution in [3.63, 3.8) is 0 Å². The van der Waals surface area contributed by atoms with Gasteiger partial charge in [-0.15, -0.1) is 0 Å². The zero-order chi connectivity index (χ0) is 23.8. The van der Waals surface area contributed by atoms with Gasteiger partial charge in [0.15, 0.2) is 0 Å². The Kier molecular flexibility index (Phi) is 5.38. The fourth-order valence-electron chi connectivity index (χ4n) is 4.70. The Morgan fingerprint density at radius 2 is 1.77 bits per heavy atom. The molecule has 8 nitrogen and oxygen atoms in total. The lowest BCUT2D eigenvalue weighted by Gasteiger charge is -2.18. The van der Waals surface area contributed by atoms with Gasteiger partial charge < -0.3 is 10.3 Å². The van der Waals surface area contributed by atoms with Gasteiger partial charge in [0, 0.05) is 37.4 Å². The van der Waals surface area contributed by atoms with E-state index in [4.69, 9.17) is 15.7 Å². The third-order valence-corrected chi connectivity index (χ3v) is 6.35.